The minimum Gasteiger partial charge on any atom is -0.390 e. The van der Waals surface area contributed by atoms with Crippen molar-refractivity contribution in [1.29, 1.82) is 0 Å². The van der Waals surface area contributed by atoms with Crippen molar-refractivity contribution in [2.75, 3.05) is 0 Å². The van der Waals surface area contributed by atoms with E-state index in [0.717, 1.165) is 19.3 Å². The van der Waals surface area contributed by atoms with Crippen LogP contribution >= 0.6 is 0 Å². The number of aliphatic hydroxyl groups is 1. The van der Waals surface area contributed by atoms with Crippen LogP contribution in [0.2, 0.25) is 0 Å². The molecule has 1 heteroatoms. The fraction of sp³-hybridized carbons (Fsp3) is 1.00. The molecule has 0 aromatic heterocycles. The van der Waals surface area contributed by atoms with Crippen molar-refractivity contribution in [2.45, 2.75) is 72.3 Å². The van der Waals surface area contributed by atoms with E-state index in [1.165, 1.54) is 12.8 Å². The summed E-state index contributed by atoms with van der Waals surface area (Å²) in [6.45, 7) is 11.3. The fourth-order valence-corrected chi connectivity index (χ4v) is 3.65. The predicted octanol–water partition coefficient (Wildman–Crippen LogP) is 4.00. The van der Waals surface area contributed by atoms with Crippen molar-refractivity contribution in [3.63, 3.8) is 0 Å². The summed E-state index contributed by atoms with van der Waals surface area (Å²) in [7, 11) is 0. The van der Waals surface area contributed by atoms with E-state index in [9.17, 15) is 5.11 Å². The van der Waals surface area contributed by atoms with Crippen LogP contribution in [0.25, 0.3) is 0 Å². The molecule has 15 heavy (non-hydrogen) atoms. The normalized spacial score (nSPS) is 37.6. The van der Waals surface area contributed by atoms with Crippen molar-refractivity contribution in [1.82, 2.24) is 0 Å². The lowest BCUT2D eigenvalue weighted by atomic mass is 9.64. The second kappa shape index (κ2) is 4.45. The SMILES string of the molecule is CCC(C)CC1(O)CC(C)CC(C)(C)C1. The average molecular weight is 212 g/mol. The van der Waals surface area contributed by atoms with Crippen molar-refractivity contribution in [3.8, 4) is 0 Å². The largest absolute Gasteiger partial charge is 0.390 e. The first-order valence-electron chi connectivity index (χ1n) is 6.49. The molecule has 3 unspecified atom stereocenters. The van der Waals surface area contributed by atoms with Gasteiger partial charge in [0.05, 0.1) is 5.60 Å². The van der Waals surface area contributed by atoms with E-state index in [2.05, 4.69) is 34.6 Å². The lowest BCUT2D eigenvalue weighted by molar-refractivity contribution is -0.0722. The van der Waals surface area contributed by atoms with Gasteiger partial charge >= 0.3 is 0 Å². The van der Waals surface area contributed by atoms with E-state index in [0.29, 0.717) is 17.3 Å². The van der Waals surface area contributed by atoms with Gasteiger partial charge in [-0.3, -0.25) is 0 Å². The zero-order valence-electron chi connectivity index (χ0n) is 11.1. The molecule has 0 radical (unpaired) electrons. The van der Waals surface area contributed by atoms with Crippen molar-refractivity contribution >= 4 is 0 Å². The summed E-state index contributed by atoms with van der Waals surface area (Å²) in [5.74, 6) is 1.32. The second-order valence-electron chi connectivity index (χ2n) is 6.80. The Morgan fingerprint density at radius 2 is 1.93 bits per heavy atom. The van der Waals surface area contributed by atoms with Gasteiger partial charge in [-0.25, -0.2) is 0 Å². The highest BCUT2D eigenvalue weighted by Gasteiger charge is 2.41. The molecule has 3 atom stereocenters. The highest BCUT2D eigenvalue weighted by molar-refractivity contribution is 4.93. The van der Waals surface area contributed by atoms with Crippen LogP contribution in [0.5, 0.6) is 0 Å². The van der Waals surface area contributed by atoms with Crippen molar-refractivity contribution in [2.24, 2.45) is 17.3 Å². The van der Waals surface area contributed by atoms with Crippen LogP contribution in [0, 0.1) is 17.3 Å². The summed E-state index contributed by atoms with van der Waals surface area (Å²) in [4.78, 5) is 0. The van der Waals surface area contributed by atoms with Gasteiger partial charge in [0, 0.05) is 0 Å². The molecule has 1 aliphatic carbocycles. The summed E-state index contributed by atoms with van der Waals surface area (Å²) in [6.07, 6.45) is 5.40. The molecule has 0 aromatic rings. The van der Waals surface area contributed by atoms with Gasteiger partial charge in [-0.05, 0) is 42.9 Å². The molecule has 90 valence electrons. The minimum absolute atomic E-state index is 0.319. The molecule has 0 bridgehead atoms. The maximum Gasteiger partial charge on any atom is 0.0658 e. The molecule has 1 aliphatic rings. The van der Waals surface area contributed by atoms with E-state index >= 15 is 0 Å². The first-order valence-corrected chi connectivity index (χ1v) is 6.49. The Hall–Kier alpha value is -0.0400. The smallest absolute Gasteiger partial charge is 0.0658 e. The van der Waals surface area contributed by atoms with Gasteiger partial charge in [0.25, 0.3) is 0 Å². The molecule has 1 nitrogen and oxygen atoms in total. The van der Waals surface area contributed by atoms with Crippen LogP contribution in [0.15, 0.2) is 0 Å². The number of hydrogen-bond donors (Lipinski definition) is 1. The molecule has 0 saturated heterocycles. The maximum atomic E-state index is 10.7. The first kappa shape index (κ1) is 13.0. The van der Waals surface area contributed by atoms with Gasteiger partial charge in [-0.15, -0.1) is 0 Å². The summed E-state index contributed by atoms with van der Waals surface area (Å²) in [5.41, 5.74) is -0.0729. The van der Waals surface area contributed by atoms with E-state index in [-0.39, 0.29) is 0 Å². The Bertz CT molecular complexity index is 209. The second-order valence-corrected chi connectivity index (χ2v) is 6.80. The molecule has 1 saturated carbocycles. The number of hydrogen-bond acceptors (Lipinski definition) is 1. The third-order valence-electron chi connectivity index (χ3n) is 3.86. The van der Waals surface area contributed by atoms with E-state index in [1.54, 1.807) is 0 Å². The van der Waals surface area contributed by atoms with Crippen LogP contribution in [-0.2, 0) is 0 Å². The van der Waals surface area contributed by atoms with Gasteiger partial charge in [-0.2, -0.15) is 0 Å². The van der Waals surface area contributed by atoms with Gasteiger partial charge in [0.1, 0.15) is 0 Å². The Balaban J connectivity index is 2.66. The summed E-state index contributed by atoms with van der Waals surface area (Å²) in [5, 5.41) is 10.7. The summed E-state index contributed by atoms with van der Waals surface area (Å²) in [6, 6.07) is 0. The molecular weight excluding hydrogens is 184 g/mol. The lowest BCUT2D eigenvalue weighted by Crippen LogP contribution is -2.43. The molecular formula is C14H28O. The highest BCUT2D eigenvalue weighted by Crippen LogP contribution is 2.46. The van der Waals surface area contributed by atoms with Crippen LogP contribution in [-0.4, -0.2) is 10.7 Å². The Morgan fingerprint density at radius 1 is 1.33 bits per heavy atom. The van der Waals surface area contributed by atoms with Gasteiger partial charge < -0.3 is 5.11 Å². The monoisotopic (exact) mass is 212 g/mol. The van der Waals surface area contributed by atoms with E-state index < -0.39 is 5.60 Å². The predicted molar refractivity (Wildman–Crippen MR) is 65.8 cm³/mol. The standard InChI is InChI=1S/C14H28O/c1-6-11(2)8-14(15)9-12(3)7-13(4,5)10-14/h11-12,15H,6-10H2,1-5H3. The molecule has 1 rings (SSSR count). The average Bonchev–Trinajstić information content (AvgIpc) is 1.97. The van der Waals surface area contributed by atoms with E-state index in [4.69, 9.17) is 0 Å². The molecule has 0 spiro atoms. The topological polar surface area (TPSA) is 20.2 Å². The zero-order valence-corrected chi connectivity index (χ0v) is 11.1. The molecule has 1 N–H and O–H groups in total. The van der Waals surface area contributed by atoms with Crippen LogP contribution in [0.4, 0.5) is 0 Å². The third kappa shape index (κ3) is 3.79. The summed E-state index contributed by atoms with van der Waals surface area (Å²) < 4.78 is 0. The van der Waals surface area contributed by atoms with Crippen LogP contribution in [0.1, 0.15) is 66.7 Å². The molecule has 0 heterocycles. The van der Waals surface area contributed by atoms with Crippen LogP contribution in [0.3, 0.4) is 0 Å². The number of rotatable bonds is 3. The quantitative estimate of drug-likeness (QED) is 0.749. The molecule has 0 aliphatic heterocycles. The van der Waals surface area contributed by atoms with Gasteiger partial charge in [-0.1, -0.05) is 41.0 Å². The van der Waals surface area contributed by atoms with Crippen molar-refractivity contribution in [3.05, 3.63) is 0 Å². The highest BCUT2D eigenvalue weighted by atomic mass is 16.3. The Labute approximate surface area is 95.3 Å². The van der Waals surface area contributed by atoms with E-state index in [1.807, 2.05) is 0 Å². The maximum absolute atomic E-state index is 10.7. The Kier molecular flexibility index (Phi) is 3.86. The van der Waals surface area contributed by atoms with Crippen LogP contribution < -0.4 is 0 Å². The Morgan fingerprint density at radius 3 is 2.40 bits per heavy atom. The van der Waals surface area contributed by atoms with Gasteiger partial charge in [0.2, 0.25) is 0 Å². The fourth-order valence-electron chi connectivity index (χ4n) is 3.65. The molecule has 1 fully saturated rings. The molecule has 0 aromatic carbocycles. The van der Waals surface area contributed by atoms with Gasteiger partial charge in [0.15, 0.2) is 0 Å². The third-order valence-corrected chi connectivity index (χ3v) is 3.86. The first-order chi connectivity index (χ1) is 6.76. The molecule has 0 amide bonds. The zero-order chi connectivity index (χ0) is 11.7. The van der Waals surface area contributed by atoms with Crippen molar-refractivity contribution < 1.29 is 5.11 Å². The lowest BCUT2D eigenvalue weighted by Gasteiger charge is -2.45. The summed E-state index contributed by atoms with van der Waals surface area (Å²) >= 11 is 0. The minimum atomic E-state index is -0.392.